The summed E-state index contributed by atoms with van der Waals surface area (Å²) in [5, 5.41) is 9.61. The van der Waals surface area contributed by atoms with Crippen molar-refractivity contribution in [2.24, 2.45) is 7.05 Å². The van der Waals surface area contributed by atoms with Crippen molar-refractivity contribution in [1.29, 1.82) is 0 Å². The lowest BCUT2D eigenvalue weighted by molar-refractivity contribution is 0.211. The number of methoxy groups -OCH3 is 1. The van der Waals surface area contributed by atoms with Gasteiger partial charge in [0.25, 0.3) is 0 Å². The van der Waals surface area contributed by atoms with Crippen molar-refractivity contribution in [2.45, 2.75) is 29.9 Å². The minimum Gasteiger partial charge on any atom is -0.493 e. The summed E-state index contributed by atoms with van der Waals surface area (Å²) in [5.74, 6) is 3.23. The van der Waals surface area contributed by atoms with Crippen molar-refractivity contribution in [3.05, 3.63) is 77.8 Å². The average Bonchev–Trinajstić information content (AvgIpc) is 3.38. The smallest absolute Gasteiger partial charge is 0.198 e. The van der Waals surface area contributed by atoms with Crippen LogP contribution in [-0.2, 0) is 26.7 Å². The van der Waals surface area contributed by atoms with E-state index in [9.17, 15) is 0 Å². The van der Waals surface area contributed by atoms with Gasteiger partial charge in [-0.15, -0.1) is 10.2 Å². The number of aryl methyl sites for hydroxylation is 1. The van der Waals surface area contributed by atoms with E-state index in [0.29, 0.717) is 13.1 Å². The van der Waals surface area contributed by atoms with Crippen molar-refractivity contribution in [3.8, 4) is 17.2 Å². The summed E-state index contributed by atoms with van der Waals surface area (Å²) in [6.45, 7) is 2.14. The Morgan fingerprint density at radius 2 is 1.87 bits per heavy atom. The van der Waals surface area contributed by atoms with Crippen LogP contribution in [0.15, 0.2) is 75.6 Å². The number of benzene rings is 2. The third kappa shape index (κ3) is 4.17. The van der Waals surface area contributed by atoms with Crippen LogP contribution in [0, 0.1) is 0 Å². The van der Waals surface area contributed by atoms with Crippen molar-refractivity contribution < 1.29 is 13.9 Å². The molecule has 1 aliphatic heterocycles. The van der Waals surface area contributed by atoms with E-state index in [4.69, 9.17) is 13.9 Å². The van der Waals surface area contributed by atoms with Crippen LogP contribution in [0.1, 0.15) is 16.9 Å². The van der Waals surface area contributed by atoms with Gasteiger partial charge in [-0.2, -0.15) is 0 Å². The van der Waals surface area contributed by atoms with E-state index in [1.165, 1.54) is 11.8 Å². The SMILES string of the molecule is COc1cccc2c1Oc1ccccc1CN(Cc1ccc(Sc3nncn3C)o1)C2. The molecular weight excluding hydrogens is 412 g/mol. The fraction of sp³-hybridized carbons (Fsp3) is 0.217. The van der Waals surface area contributed by atoms with Gasteiger partial charge in [0.1, 0.15) is 17.8 Å². The van der Waals surface area contributed by atoms with Crippen LogP contribution in [0.4, 0.5) is 0 Å². The molecule has 3 heterocycles. The fourth-order valence-corrected chi connectivity index (χ4v) is 4.37. The topological polar surface area (TPSA) is 65.6 Å². The second kappa shape index (κ2) is 8.49. The number of furan rings is 1. The van der Waals surface area contributed by atoms with Crippen LogP contribution in [0.3, 0.4) is 0 Å². The molecule has 1 aliphatic rings. The average molecular weight is 435 g/mol. The maximum Gasteiger partial charge on any atom is 0.198 e. The zero-order valence-corrected chi connectivity index (χ0v) is 18.1. The third-order valence-electron chi connectivity index (χ3n) is 5.13. The summed E-state index contributed by atoms with van der Waals surface area (Å²) >= 11 is 1.46. The van der Waals surface area contributed by atoms with Gasteiger partial charge < -0.3 is 18.5 Å². The highest BCUT2D eigenvalue weighted by Crippen LogP contribution is 2.39. The zero-order chi connectivity index (χ0) is 21.2. The number of fused-ring (bicyclic) bond motifs is 2. The molecule has 31 heavy (non-hydrogen) atoms. The molecule has 0 spiro atoms. The minimum atomic E-state index is 0.671. The van der Waals surface area contributed by atoms with Gasteiger partial charge in [-0.1, -0.05) is 30.3 Å². The molecule has 7 nitrogen and oxygen atoms in total. The number of hydrogen-bond acceptors (Lipinski definition) is 7. The largest absolute Gasteiger partial charge is 0.493 e. The maximum atomic E-state index is 6.28. The minimum absolute atomic E-state index is 0.671. The molecule has 0 unspecified atom stereocenters. The molecule has 0 bridgehead atoms. The predicted molar refractivity (Wildman–Crippen MR) is 116 cm³/mol. The molecule has 0 radical (unpaired) electrons. The molecule has 0 atom stereocenters. The number of para-hydroxylation sites is 2. The summed E-state index contributed by atoms with van der Waals surface area (Å²) < 4.78 is 19.8. The molecule has 0 saturated carbocycles. The van der Waals surface area contributed by atoms with E-state index in [1.54, 1.807) is 13.4 Å². The Morgan fingerprint density at radius 1 is 1.03 bits per heavy atom. The first-order valence-corrected chi connectivity index (χ1v) is 10.8. The number of hydrogen-bond donors (Lipinski definition) is 0. The van der Waals surface area contributed by atoms with Gasteiger partial charge >= 0.3 is 0 Å². The fourth-order valence-electron chi connectivity index (χ4n) is 3.63. The standard InChI is InChI=1S/C23H22N4O3S/c1-26-15-24-25-23(26)31-21-11-10-18(29-21)14-27-12-16-6-3-4-8-19(16)30-22-17(13-27)7-5-9-20(22)28-2/h3-11,15H,12-14H2,1-2H3. The summed E-state index contributed by atoms with van der Waals surface area (Å²) in [6, 6.07) is 18.1. The number of rotatable bonds is 5. The van der Waals surface area contributed by atoms with Crippen LogP contribution in [-0.4, -0.2) is 26.8 Å². The number of aromatic nitrogens is 3. The zero-order valence-electron chi connectivity index (χ0n) is 17.3. The molecule has 0 N–H and O–H groups in total. The predicted octanol–water partition coefficient (Wildman–Crippen LogP) is 4.88. The van der Waals surface area contributed by atoms with E-state index >= 15 is 0 Å². The van der Waals surface area contributed by atoms with Gasteiger partial charge in [0, 0.05) is 31.3 Å². The van der Waals surface area contributed by atoms with Crippen LogP contribution in [0.5, 0.6) is 17.2 Å². The molecule has 5 rings (SSSR count). The molecule has 0 fully saturated rings. The lowest BCUT2D eigenvalue weighted by Crippen LogP contribution is -2.24. The highest BCUT2D eigenvalue weighted by molar-refractivity contribution is 7.99. The van der Waals surface area contributed by atoms with Crippen LogP contribution < -0.4 is 9.47 Å². The quantitative estimate of drug-likeness (QED) is 0.444. The molecule has 2 aromatic carbocycles. The Labute approximate surface area is 184 Å². The number of nitrogens with zero attached hydrogens (tertiary/aromatic N) is 4. The Bertz CT molecular complexity index is 1200. The van der Waals surface area contributed by atoms with Gasteiger partial charge in [-0.05, 0) is 36.0 Å². The Morgan fingerprint density at radius 3 is 2.71 bits per heavy atom. The first-order chi connectivity index (χ1) is 15.2. The van der Waals surface area contributed by atoms with Crippen molar-refractivity contribution in [1.82, 2.24) is 19.7 Å². The monoisotopic (exact) mass is 434 g/mol. The van der Waals surface area contributed by atoms with Crippen molar-refractivity contribution in [3.63, 3.8) is 0 Å². The Balaban J connectivity index is 1.42. The number of ether oxygens (including phenoxy) is 2. The summed E-state index contributed by atoms with van der Waals surface area (Å²) in [6.07, 6.45) is 1.68. The van der Waals surface area contributed by atoms with E-state index in [2.05, 4.69) is 27.2 Å². The molecule has 0 saturated heterocycles. The molecule has 0 aliphatic carbocycles. The van der Waals surface area contributed by atoms with Crippen LogP contribution in [0.25, 0.3) is 0 Å². The van der Waals surface area contributed by atoms with Crippen LogP contribution >= 0.6 is 11.8 Å². The van der Waals surface area contributed by atoms with Crippen molar-refractivity contribution >= 4 is 11.8 Å². The van der Waals surface area contributed by atoms with Gasteiger partial charge in [0.05, 0.1) is 13.7 Å². The van der Waals surface area contributed by atoms with E-state index in [0.717, 1.165) is 50.9 Å². The second-order valence-corrected chi connectivity index (χ2v) is 8.32. The third-order valence-corrected chi connectivity index (χ3v) is 6.10. The molecule has 158 valence electrons. The maximum absolute atomic E-state index is 6.28. The first kappa shape index (κ1) is 19.7. The highest BCUT2D eigenvalue weighted by Gasteiger charge is 2.22. The normalized spacial score (nSPS) is 13.6. The molecular formula is C23H22N4O3S. The first-order valence-electron chi connectivity index (χ1n) is 9.94. The highest BCUT2D eigenvalue weighted by atomic mass is 32.2. The molecule has 4 aromatic rings. The van der Waals surface area contributed by atoms with E-state index in [1.807, 2.05) is 54.1 Å². The lowest BCUT2D eigenvalue weighted by Gasteiger charge is -2.27. The summed E-state index contributed by atoms with van der Waals surface area (Å²) in [4.78, 5) is 2.34. The van der Waals surface area contributed by atoms with Gasteiger partial charge in [-0.25, -0.2) is 0 Å². The Hall–Kier alpha value is -3.23. The van der Waals surface area contributed by atoms with Crippen LogP contribution in [0.2, 0.25) is 0 Å². The molecule has 8 heteroatoms. The summed E-state index contributed by atoms with van der Waals surface area (Å²) in [5.41, 5.74) is 2.20. The summed E-state index contributed by atoms with van der Waals surface area (Å²) in [7, 11) is 3.58. The van der Waals surface area contributed by atoms with Gasteiger partial charge in [0.2, 0.25) is 0 Å². The molecule has 0 amide bonds. The van der Waals surface area contributed by atoms with E-state index in [-0.39, 0.29) is 0 Å². The Kier molecular flexibility index (Phi) is 5.40. The van der Waals surface area contributed by atoms with Gasteiger partial charge in [0.15, 0.2) is 21.7 Å². The van der Waals surface area contributed by atoms with E-state index < -0.39 is 0 Å². The van der Waals surface area contributed by atoms with Gasteiger partial charge in [-0.3, -0.25) is 4.90 Å². The second-order valence-electron chi connectivity index (χ2n) is 7.35. The van der Waals surface area contributed by atoms with Crippen molar-refractivity contribution in [2.75, 3.05) is 7.11 Å². The lowest BCUT2D eigenvalue weighted by atomic mass is 10.1. The molecule has 2 aromatic heterocycles.